The van der Waals surface area contributed by atoms with E-state index in [1.807, 2.05) is 13.0 Å². The quantitative estimate of drug-likeness (QED) is 0.749. The number of hydrogen-bond acceptors (Lipinski definition) is 3. The number of aryl methyl sites for hydroxylation is 1. The first-order chi connectivity index (χ1) is 6.24. The fourth-order valence-corrected chi connectivity index (χ4v) is 1.18. The maximum atomic E-state index is 9.60. The number of phenols is 1. The lowest BCUT2D eigenvalue weighted by atomic mass is 10.1. The summed E-state index contributed by atoms with van der Waals surface area (Å²) in [6.45, 7) is 1.92. The summed E-state index contributed by atoms with van der Waals surface area (Å²) in [7, 11) is 1.47. The first-order valence-electron chi connectivity index (χ1n) is 4.03. The second-order valence-electron chi connectivity index (χ2n) is 2.62. The van der Waals surface area contributed by atoms with Crippen molar-refractivity contribution >= 4 is 0 Å². The van der Waals surface area contributed by atoms with Crippen LogP contribution < -0.4 is 4.74 Å². The van der Waals surface area contributed by atoms with E-state index in [2.05, 4.69) is 0 Å². The van der Waals surface area contributed by atoms with Crippen molar-refractivity contribution in [2.75, 3.05) is 7.11 Å². The van der Waals surface area contributed by atoms with Crippen molar-refractivity contribution in [3.05, 3.63) is 23.3 Å². The highest BCUT2D eigenvalue weighted by Gasteiger charge is 2.11. The van der Waals surface area contributed by atoms with Gasteiger partial charge in [0.05, 0.1) is 7.11 Å². The molecule has 1 aromatic rings. The predicted molar refractivity (Wildman–Crippen MR) is 48.8 cm³/mol. The van der Waals surface area contributed by atoms with Gasteiger partial charge in [0.1, 0.15) is 23.1 Å². The van der Waals surface area contributed by atoms with E-state index in [-0.39, 0.29) is 11.3 Å². The molecule has 68 valence electrons. The summed E-state index contributed by atoms with van der Waals surface area (Å²) in [4.78, 5) is 0. The van der Waals surface area contributed by atoms with E-state index in [4.69, 9.17) is 10.00 Å². The van der Waals surface area contributed by atoms with Crippen LogP contribution in [-0.2, 0) is 6.42 Å². The number of phenolic OH excluding ortho intramolecular Hbond substituents is 1. The molecule has 1 aromatic carbocycles. The highest BCUT2D eigenvalue weighted by molar-refractivity contribution is 5.55. The topological polar surface area (TPSA) is 53.2 Å². The Hall–Kier alpha value is -1.69. The summed E-state index contributed by atoms with van der Waals surface area (Å²) in [5, 5.41) is 18.4. The Bertz CT molecular complexity index is 353. The zero-order valence-electron chi connectivity index (χ0n) is 7.66. The normalized spacial score (nSPS) is 9.31. The minimum atomic E-state index is 0.0318. The van der Waals surface area contributed by atoms with E-state index in [9.17, 15) is 5.11 Å². The van der Waals surface area contributed by atoms with Crippen LogP contribution in [0, 0.1) is 11.3 Å². The zero-order chi connectivity index (χ0) is 9.84. The van der Waals surface area contributed by atoms with Crippen molar-refractivity contribution in [1.29, 1.82) is 5.26 Å². The smallest absolute Gasteiger partial charge is 0.140 e. The molecule has 0 fully saturated rings. The number of nitriles is 1. The van der Waals surface area contributed by atoms with E-state index in [0.717, 1.165) is 5.56 Å². The molecular formula is C10H11NO2. The molecule has 0 aliphatic heterocycles. The number of aromatic hydroxyl groups is 1. The molecule has 0 amide bonds. The lowest BCUT2D eigenvalue weighted by Crippen LogP contribution is -1.91. The van der Waals surface area contributed by atoms with Crippen molar-refractivity contribution in [1.82, 2.24) is 0 Å². The summed E-state index contributed by atoms with van der Waals surface area (Å²) >= 11 is 0. The molecule has 0 bridgehead atoms. The van der Waals surface area contributed by atoms with Crippen LogP contribution in [-0.4, -0.2) is 12.2 Å². The van der Waals surface area contributed by atoms with Crippen LogP contribution in [0.15, 0.2) is 12.1 Å². The summed E-state index contributed by atoms with van der Waals surface area (Å²) in [6.07, 6.45) is 0.699. The molecule has 0 atom stereocenters. The van der Waals surface area contributed by atoms with Gasteiger partial charge < -0.3 is 9.84 Å². The molecule has 3 nitrogen and oxygen atoms in total. The first-order valence-corrected chi connectivity index (χ1v) is 4.03. The minimum Gasteiger partial charge on any atom is -0.506 e. The maximum absolute atomic E-state index is 9.60. The van der Waals surface area contributed by atoms with Crippen molar-refractivity contribution in [3.8, 4) is 17.6 Å². The van der Waals surface area contributed by atoms with E-state index in [1.54, 1.807) is 12.1 Å². The van der Waals surface area contributed by atoms with Gasteiger partial charge in [-0.1, -0.05) is 13.0 Å². The van der Waals surface area contributed by atoms with Crippen LogP contribution in [0.3, 0.4) is 0 Å². The molecule has 3 heteroatoms. The summed E-state index contributed by atoms with van der Waals surface area (Å²) in [5.41, 5.74) is 0.971. The molecule has 1 rings (SSSR count). The van der Waals surface area contributed by atoms with E-state index in [1.165, 1.54) is 7.11 Å². The van der Waals surface area contributed by atoms with Crippen molar-refractivity contribution < 1.29 is 9.84 Å². The number of methoxy groups -OCH3 is 1. The zero-order valence-corrected chi connectivity index (χ0v) is 7.66. The van der Waals surface area contributed by atoms with Gasteiger partial charge in [-0.05, 0) is 18.1 Å². The first kappa shape index (κ1) is 9.40. The molecule has 0 aliphatic rings. The summed E-state index contributed by atoms with van der Waals surface area (Å²) < 4.78 is 4.93. The number of nitrogens with zero attached hydrogens (tertiary/aromatic N) is 1. The molecule has 0 unspecified atom stereocenters. The van der Waals surface area contributed by atoms with Crippen LogP contribution in [0.4, 0.5) is 0 Å². The third-order valence-corrected chi connectivity index (χ3v) is 1.94. The van der Waals surface area contributed by atoms with E-state index in [0.29, 0.717) is 12.2 Å². The van der Waals surface area contributed by atoms with Crippen LogP contribution in [0.5, 0.6) is 11.5 Å². The third kappa shape index (κ3) is 1.57. The average Bonchev–Trinajstić information content (AvgIpc) is 2.17. The molecule has 0 spiro atoms. The molecule has 1 N–H and O–H groups in total. The maximum Gasteiger partial charge on any atom is 0.140 e. The van der Waals surface area contributed by atoms with Gasteiger partial charge in [-0.2, -0.15) is 5.26 Å². The largest absolute Gasteiger partial charge is 0.506 e. The Morgan fingerprint density at radius 1 is 1.54 bits per heavy atom. The number of hydrogen-bond donors (Lipinski definition) is 1. The lowest BCUT2D eigenvalue weighted by molar-refractivity contribution is 0.404. The molecule has 0 saturated heterocycles. The third-order valence-electron chi connectivity index (χ3n) is 1.94. The predicted octanol–water partition coefficient (Wildman–Crippen LogP) is 1.83. The van der Waals surface area contributed by atoms with Crippen molar-refractivity contribution in [3.63, 3.8) is 0 Å². The SMILES string of the molecule is CCc1ccc(OC)c(C#N)c1O. The minimum absolute atomic E-state index is 0.0318. The van der Waals surface area contributed by atoms with Gasteiger partial charge in [0, 0.05) is 0 Å². The molecule has 0 aromatic heterocycles. The molecule has 0 heterocycles. The van der Waals surface area contributed by atoms with Gasteiger partial charge in [-0.15, -0.1) is 0 Å². The lowest BCUT2D eigenvalue weighted by Gasteiger charge is -2.07. The fraction of sp³-hybridized carbons (Fsp3) is 0.300. The van der Waals surface area contributed by atoms with Gasteiger partial charge >= 0.3 is 0 Å². The average molecular weight is 177 g/mol. The monoisotopic (exact) mass is 177 g/mol. The van der Waals surface area contributed by atoms with Crippen LogP contribution in [0.1, 0.15) is 18.1 Å². The second kappa shape index (κ2) is 3.81. The molecule has 0 saturated carbocycles. The van der Waals surface area contributed by atoms with E-state index >= 15 is 0 Å². The summed E-state index contributed by atoms with van der Waals surface area (Å²) in [5.74, 6) is 0.446. The number of benzene rings is 1. The summed E-state index contributed by atoms with van der Waals surface area (Å²) in [6, 6.07) is 5.36. The Kier molecular flexibility index (Phi) is 2.76. The van der Waals surface area contributed by atoms with Crippen LogP contribution in [0.2, 0.25) is 0 Å². The Morgan fingerprint density at radius 3 is 2.69 bits per heavy atom. The van der Waals surface area contributed by atoms with Crippen molar-refractivity contribution in [2.45, 2.75) is 13.3 Å². The van der Waals surface area contributed by atoms with Gasteiger partial charge in [0.25, 0.3) is 0 Å². The highest BCUT2D eigenvalue weighted by atomic mass is 16.5. The molecule has 0 aliphatic carbocycles. The van der Waals surface area contributed by atoms with E-state index < -0.39 is 0 Å². The highest BCUT2D eigenvalue weighted by Crippen LogP contribution is 2.30. The number of rotatable bonds is 2. The van der Waals surface area contributed by atoms with Crippen molar-refractivity contribution in [2.24, 2.45) is 0 Å². The standard InChI is InChI=1S/C10H11NO2/c1-3-7-4-5-9(13-2)8(6-11)10(7)12/h4-5,12H,3H2,1-2H3. The molecular weight excluding hydrogens is 166 g/mol. The second-order valence-corrected chi connectivity index (χ2v) is 2.62. The number of ether oxygens (including phenoxy) is 1. The Balaban J connectivity index is 3.34. The van der Waals surface area contributed by atoms with Gasteiger partial charge in [-0.3, -0.25) is 0 Å². The molecule has 13 heavy (non-hydrogen) atoms. The fourth-order valence-electron chi connectivity index (χ4n) is 1.18. The van der Waals surface area contributed by atoms with Crippen LogP contribution >= 0.6 is 0 Å². The van der Waals surface area contributed by atoms with Gasteiger partial charge in [-0.25, -0.2) is 0 Å². The van der Waals surface area contributed by atoms with Gasteiger partial charge in [0.15, 0.2) is 0 Å². The molecule has 0 radical (unpaired) electrons. The Morgan fingerprint density at radius 2 is 2.23 bits per heavy atom. The van der Waals surface area contributed by atoms with Gasteiger partial charge in [0.2, 0.25) is 0 Å². The Labute approximate surface area is 77.2 Å². The van der Waals surface area contributed by atoms with Crippen LogP contribution in [0.25, 0.3) is 0 Å².